The van der Waals surface area contributed by atoms with Crippen LogP contribution < -0.4 is 10.2 Å². The summed E-state index contributed by atoms with van der Waals surface area (Å²) in [6.07, 6.45) is 0.372. The second-order valence-electron chi connectivity index (χ2n) is 6.53. The summed E-state index contributed by atoms with van der Waals surface area (Å²) >= 11 is 7.07. The van der Waals surface area contributed by atoms with Crippen LogP contribution in [0.15, 0.2) is 0 Å². The van der Waals surface area contributed by atoms with Crippen LogP contribution in [0.3, 0.4) is 0 Å². The van der Waals surface area contributed by atoms with E-state index < -0.39 is 5.97 Å². The zero-order valence-corrected chi connectivity index (χ0v) is 17.4. The van der Waals surface area contributed by atoms with Gasteiger partial charge in [0.05, 0.1) is 23.5 Å². The molecule has 2 aromatic heterocycles. The number of thiazole rings is 1. The van der Waals surface area contributed by atoms with Gasteiger partial charge in [-0.15, -0.1) is 0 Å². The number of anilines is 1. The number of hydrogen-bond acceptors (Lipinski definition) is 7. The number of rotatable bonds is 6. The van der Waals surface area contributed by atoms with E-state index in [1.165, 1.54) is 0 Å². The van der Waals surface area contributed by atoms with Gasteiger partial charge in [0.25, 0.3) is 5.91 Å². The van der Waals surface area contributed by atoms with Gasteiger partial charge in [0, 0.05) is 19.7 Å². The number of piperidine rings is 1. The summed E-state index contributed by atoms with van der Waals surface area (Å²) in [5.41, 5.74) is 1.14. The first-order valence-corrected chi connectivity index (χ1v) is 10.1. The summed E-state index contributed by atoms with van der Waals surface area (Å²) in [4.78, 5) is 37.3. The highest BCUT2D eigenvalue weighted by atomic mass is 35.5. The molecule has 0 radical (unpaired) electrons. The van der Waals surface area contributed by atoms with Crippen molar-refractivity contribution in [3.8, 4) is 0 Å². The van der Waals surface area contributed by atoms with Gasteiger partial charge in [0.15, 0.2) is 16.1 Å². The number of amides is 1. The van der Waals surface area contributed by atoms with E-state index >= 15 is 0 Å². The van der Waals surface area contributed by atoms with Gasteiger partial charge in [-0.05, 0) is 27.2 Å². The molecule has 0 aliphatic carbocycles. The van der Waals surface area contributed by atoms with Crippen LogP contribution >= 0.6 is 22.9 Å². The predicted octanol–water partition coefficient (Wildman–Crippen LogP) is 2.25. The average molecular weight is 428 g/mol. The summed E-state index contributed by atoms with van der Waals surface area (Å²) in [6, 6.07) is -0.201. The maximum absolute atomic E-state index is 12.5. The van der Waals surface area contributed by atoms with E-state index in [1.54, 1.807) is 13.8 Å². The average Bonchev–Trinajstić information content (AvgIpc) is 3.19. The van der Waals surface area contributed by atoms with Crippen molar-refractivity contribution in [2.24, 2.45) is 0 Å². The second-order valence-corrected chi connectivity index (χ2v) is 7.86. The van der Waals surface area contributed by atoms with Gasteiger partial charge in [0.1, 0.15) is 4.88 Å². The number of ether oxygens (including phenoxy) is 1. The third-order valence-electron chi connectivity index (χ3n) is 4.55. The van der Waals surface area contributed by atoms with Crippen LogP contribution in [-0.4, -0.2) is 63.8 Å². The topological polar surface area (TPSA) is 120 Å². The number of halogens is 1. The summed E-state index contributed by atoms with van der Waals surface area (Å²) < 4.78 is 5.84. The normalized spacial score (nSPS) is 19.6. The van der Waals surface area contributed by atoms with Crippen LogP contribution in [0, 0.1) is 13.8 Å². The van der Waals surface area contributed by atoms with Crippen molar-refractivity contribution in [1.82, 2.24) is 20.3 Å². The Kier molecular flexibility index (Phi) is 6.21. The zero-order chi connectivity index (χ0) is 20.4. The summed E-state index contributed by atoms with van der Waals surface area (Å²) in [5.74, 6) is -1.14. The molecule has 3 rings (SSSR count). The van der Waals surface area contributed by atoms with Crippen LogP contribution in [0.2, 0.25) is 5.15 Å². The number of aromatic carboxylic acids is 1. The van der Waals surface area contributed by atoms with Crippen LogP contribution in [0.5, 0.6) is 0 Å². The van der Waals surface area contributed by atoms with E-state index in [9.17, 15) is 14.7 Å². The highest BCUT2D eigenvalue weighted by Crippen LogP contribution is 2.29. The third kappa shape index (κ3) is 4.29. The van der Waals surface area contributed by atoms with Crippen molar-refractivity contribution in [2.75, 3.05) is 24.6 Å². The number of carbonyl (C=O) groups excluding carboxylic acids is 1. The van der Waals surface area contributed by atoms with Crippen molar-refractivity contribution >= 4 is 39.9 Å². The number of aryl methyl sites for hydroxylation is 2. The van der Waals surface area contributed by atoms with E-state index in [1.807, 2.05) is 11.8 Å². The Bertz CT molecular complexity index is 864. The quantitative estimate of drug-likeness (QED) is 0.646. The van der Waals surface area contributed by atoms with Crippen molar-refractivity contribution in [3.05, 3.63) is 27.2 Å². The van der Waals surface area contributed by atoms with E-state index in [4.69, 9.17) is 16.3 Å². The lowest BCUT2D eigenvalue weighted by Gasteiger charge is -2.38. The van der Waals surface area contributed by atoms with Gasteiger partial charge in [-0.2, -0.15) is 0 Å². The molecule has 0 bridgehead atoms. The highest BCUT2D eigenvalue weighted by molar-refractivity contribution is 7.17. The number of carbonyl (C=O) groups is 2. The number of aromatic amines is 1. The molecular formula is C17H22ClN5O4S. The number of nitrogens with one attached hydrogen (secondary N) is 2. The molecule has 0 saturated carbocycles. The first-order valence-electron chi connectivity index (χ1n) is 8.90. The summed E-state index contributed by atoms with van der Waals surface area (Å²) in [5, 5.41) is 13.1. The van der Waals surface area contributed by atoms with E-state index in [0.717, 1.165) is 11.3 Å². The largest absolute Gasteiger partial charge is 0.477 e. The zero-order valence-electron chi connectivity index (χ0n) is 15.8. The molecule has 1 amide bonds. The molecule has 1 aliphatic rings. The minimum absolute atomic E-state index is 0.168. The van der Waals surface area contributed by atoms with Crippen LogP contribution in [0.25, 0.3) is 0 Å². The predicted molar refractivity (Wildman–Crippen MR) is 106 cm³/mol. The molecule has 2 atom stereocenters. The van der Waals surface area contributed by atoms with Gasteiger partial charge in [-0.1, -0.05) is 22.9 Å². The van der Waals surface area contributed by atoms with Crippen LogP contribution in [-0.2, 0) is 4.74 Å². The van der Waals surface area contributed by atoms with Gasteiger partial charge < -0.3 is 25.0 Å². The van der Waals surface area contributed by atoms with E-state index in [0.29, 0.717) is 42.6 Å². The number of carboxylic acid groups (broad SMARTS) is 1. The number of hydrogen-bond donors (Lipinski definition) is 3. The first kappa shape index (κ1) is 20.6. The fourth-order valence-electron chi connectivity index (χ4n) is 3.14. The molecule has 28 heavy (non-hydrogen) atoms. The van der Waals surface area contributed by atoms with Gasteiger partial charge in [0.2, 0.25) is 0 Å². The Hall–Kier alpha value is -2.17. The Balaban J connectivity index is 1.71. The molecule has 1 fully saturated rings. The van der Waals surface area contributed by atoms with Gasteiger partial charge >= 0.3 is 5.97 Å². The highest BCUT2D eigenvalue weighted by Gasteiger charge is 2.33. The number of aromatic nitrogens is 3. The molecular weight excluding hydrogens is 406 g/mol. The maximum atomic E-state index is 12.5. The van der Waals surface area contributed by atoms with Crippen molar-refractivity contribution < 1.29 is 19.4 Å². The molecule has 152 valence electrons. The standard InChI is InChI=1S/C17H22ClN5O4S/c1-4-27-11-7-23(17-20-8(2)12(28-17)16(25)26)6-5-10(11)21-15(24)14-19-9(3)13(18)22-14/h10-11H,4-7H2,1-3H3,(H,19,22)(H,21,24)(H,25,26). The number of carboxylic acids is 1. The lowest BCUT2D eigenvalue weighted by atomic mass is 10.0. The molecule has 3 heterocycles. The minimum Gasteiger partial charge on any atom is -0.477 e. The second kappa shape index (κ2) is 8.46. The van der Waals surface area contributed by atoms with Crippen molar-refractivity contribution in [3.63, 3.8) is 0 Å². The molecule has 2 aromatic rings. The molecule has 3 N–H and O–H groups in total. The fourth-order valence-corrected chi connectivity index (χ4v) is 4.21. The maximum Gasteiger partial charge on any atom is 0.347 e. The molecule has 11 heteroatoms. The molecule has 0 aromatic carbocycles. The monoisotopic (exact) mass is 427 g/mol. The van der Waals surface area contributed by atoms with Crippen LogP contribution in [0.1, 0.15) is 45.0 Å². The fraction of sp³-hybridized carbons (Fsp3) is 0.529. The van der Waals surface area contributed by atoms with Gasteiger partial charge in [-0.25, -0.2) is 14.8 Å². The molecule has 0 spiro atoms. The number of imidazole rings is 1. The molecule has 1 saturated heterocycles. The SMILES string of the molecule is CCOC1CN(c2nc(C)c(C(=O)O)s2)CCC1NC(=O)c1nc(Cl)c(C)[nH]1. The Labute approximate surface area is 171 Å². The molecule has 9 nitrogen and oxygen atoms in total. The third-order valence-corrected chi connectivity index (χ3v) is 6.12. The Morgan fingerprint density at radius 3 is 2.75 bits per heavy atom. The smallest absolute Gasteiger partial charge is 0.347 e. The van der Waals surface area contributed by atoms with Gasteiger partial charge in [-0.3, -0.25) is 4.79 Å². The van der Waals surface area contributed by atoms with Crippen molar-refractivity contribution in [2.45, 2.75) is 39.3 Å². The van der Waals surface area contributed by atoms with Crippen LogP contribution in [0.4, 0.5) is 5.13 Å². The van der Waals surface area contributed by atoms with E-state index in [-0.39, 0.29) is 33.9 Å². The van der Waals surface area contributed by atoms with Crippen molar-refractivity contribution in [1.29, 1.82) is 0 Å². The Morgan fingerprint density at radius 1 is 1.43 bits per heavy atom. The molecule has 1 aliphatic heterocycles. The van der Waals surface area contributed by atoms with E-state index in [2.05, 4.69) is 20.3 Å². The summed E-state index contributed by atoms with van der Waals surface area (Å²) in [7, 11) is 0. The molecule has 2 unspecified atom stereocenters. The number of H-pyrrole nitrogens is 1. The number of nitrogens with zero attached hydrogens (tertiary/aromatic N) is 3. The first-order chi connectivity index (χ1) is 13.3. The lowest BCUT2D eigenvalue weighted by molar-refractivity contribution is 0.0271. The summed E-state index contributed by atoms with van der Waals surface area (Å²) in [6.45, 7) is 6.94. The Morgan fingerprint density at radius 2 is 2.18 bits per heavy atom. The minimum atomic E-state index is -0.975. The lowest BCUT2D eigenvalue weighted by Crippen LogP contribution is -2.55.